The second-order valence-corrected chi connectivity index (χ2v) is 5.71. The monoisotopic (exact) mass is 275 g/mol. The Labute approximate surface area is 116 Å². The summed E-state index contributed by atoms with van der Waals surface area (Å²) in [6.07, 6.45) is 1.70. The van der Waals surface area contributed by atoms with E-state index in [0.29, 0.717) is 18.8 Å². The van der Waals surface area contributed by atoms with E-state index in [1.165, 1.54) is 0 Å². The van der Waals surface area contributed by atoms with Crippen LogP contribution in [0, 0.1) is 5.92 Å². The SMILES string of the molecule is CC(NC(=O)c1ccc2c(c1)COC2)(C(=O)O)C1CC1. The Morgan fingerprint density at radius 1 is 1.30 bits per heavy atom. The van der Waals surface area contributed by atoms with Gasteiger partial charge in [0, 0.05) is 5.56 Å². The smallest absolute Gasteiger partial charge is 0.329 e. The van der Waals surface area contributed by atoms with Gasteiger partial charge in [0.2, 0.25) is 0 Å². The average Bonchev–Trinajstić information content (AvgIpc) is 3.16. The summed E-state index contributed by atoms with van der Waals surface area (Å²) in [5.41, 5.74) is 1.40. The molecule has 2 N–H and O–H groups in total. The van der Waals surface area contributed by atoms with E-state index < -0.39 is 11.5 Å². The largest absolute Gasteiger partial charge is 0.480 e. The number of rotatable bonds is 4. The maximum absolute atomic E-state index is 12.3. The molecule has 1 amide bonds. The summed E-state index contributed by atoms with van der Waals surface area (Å²) in [5.74, 6) is -1.28. The molecule has 1 heterocycles. The molecule has 5 heteroatoms. The molecule has 20 heavy (non-hydrogen) atoms. The first kappa shape index (κ1) is 13.1. The minimum Gasteiger partial charge on any atom is -0.480 e. The van der Waals surface area contributed by atoms with Crippen molar-refractivity contribution in [1.29, 1.82) is 0 Å². The molecule has 0 radical (unpaired) electrons. The fourth-order valence-corrected chi connectivity index (χ4v) is 2.61. The molecule has 1 unspecified atom stereocenters. The van der Waals surface area contributed by atoms with Gasteiger partial charge in [-0.1, -0.05) is 6.07 Å². The third-order valence-electron chi connectivity index (χ3n) is 4.19. The summed E-state index contributed by atoms with van der Waals surface area (Å²) in [7, 11) is 0. The van der Waals surface area contributed by atoms with Crippen molar-refractivity contribution in [3.63, 3.8) is 0 Å². The van der Waals surface area contributed by atoms with Crippen LogP contribution < -0.4 is 5.32 Å². The first-order valence-electron chi connectivity index (χ1n) is 6.76. The molecule has 106 valence electrons. The maximum Gasteiger partial charge on any atom is 0.329 e. The van der Waals surface area contributed by atoms with Crippen molar-refractivity contribution in [2.45, 2.75) is 38.5 Å². The van der Waals surface area contributed by atoms with Gasteiger partial charge in [-0.05, 0) is 48.9 Å². The number of carboxylic acids is 1. The summed E-state index contributed by atoms with van der Waals surface area (Å²) in [6.45, 7) is 2.67. The minimum absolute atomic E-state index is 0.0294. The van der Waals surface area contributed by atoms with Crippen LogP contribution in [-0.2, 0) is 22.7 Å². The number of carbonyl (C=O) groups excluding carboxylic acids is 1. The highest BCUT2D eigenvalue weighted by Crippen LogP contribution is 2.39. The summed E-state index contributed by atoms with van der Waals surface area (Å²) in [6, 6.07) is 5.37. The van der Waals surface area contributed by atoms with Gasteiger partial charge < -0.3 is 15.2 Å². The number of nitrogens with one attached hydrogen (secondary N) is 1. The molecule has 0 spiro atoms. The van der Waals surface area contributed by atoms with E-state index in [-0.39, 0.29) is 11.8 Å². The van der Waals surface area contributed by atoms with E-state index >= 15 is 0 Å². The third kappa shape index (κ3) is 2.18. The van der Waals surface area contributed by atoms with Gasteiger partial charge in [-0.15, -0.1) is 0 Å². The molecule has 1 fully saturated rings. The predicted molar refractivity (Wildman–Crippen MR) is 71.2 cm³/mol. The molecule has 0 aromatic heterocycles. The van der Waals surface area contributed by atoms with Crippen molar-refractivity contribution in [3.8, 4) is 0 Å². The van der Waals surface area contributed by atoms with Crippen LogP contribution in [0.5, 0.6) is 0 Å². The zero-order valence-corrected chi connectivity index (χ0v) is 11.3. The lowest BCUT2D eigenvalue weighted by atomic mass is 9.95. The molecule has 3 rings (SSSR count). The Balaban J connectivity index is 1.80. The van der Waals surface area contributed by atoms with Crippen LogP contribution in [0.2, 0.25) is 0 Å². The van der Waals surface area contributed by atoms with Crippen LogP contribution >= 0.6 is 0 Å². The van der Waals surface area contributed by atoms with Gasteiger partial charge in [0.15, 0.2) is 0 Å². The van der Waals surface area contributed by atoms with Crippen molar-refractivity contribution in [1.82, 2.24) is 5.32 Å². The Kier molecular flexibility index (Phi) is 3.01. The fourth-order valence-electron chi connectivity index (χ4n) is 2.61. The highest BCUT2D eigenvalue weighted by molar-refractivity contribution is 5.98. The van der Waals surface area contributed by atoms with Crippen molar-refractivity contribution in [3.05, 3.63) is 34.9 Å². The second kappa shape index (κ2) is 4.59. The number of aliphatic carboxylic acids is 1. The van der Waals surface area contributed by atoms with E-state index in [2.05, 4.69) is 5.32 Å². The maximum atomic E-state index is 12.3. The molecule has 0 saturated heterocycles. The Morgan fingerprint density at radius 2 is 2.00 bits per heavy atom. The third-order valence-corrected chi connectivity index (χ3v) is 4.19. The van der Waals surface area contributed by atoms with Crippen LogP contribution in [0.15, 0.2) is 18.2 Å². The summed E-state index contributed by atoms with van der Waals surface area (Å²) < 4.78 is 5.31. The lowest BCUT2D eigenvalue weighted by Crippen LogP contribution is -2.54. The van der Waals surface area contributed by atoms with Crippen LogP contribution in [0.25, 0.3) is 0 Å². The second-order valence-electron chi connectivity index (χ2n) is 5.71. The number of ether oxygens (including phenoxy) is 1. The van der Waals surface area contributed by atoms with Gasteiger partial charge in [0.1, 0.15) is 5.54 Å². The van der Waals surface area contributed by atoms with Crippen molar-refractivity contribution >= 4 is 11.9 Å². The summed E-state index contributed by atoms with van der Waals surface area (Å²) in [4.78, 5) is 23.7. The van der Waals surface area contributed by atoms with Crippen LogP contribution in [0.4, 0.5) is 0 Å². The summed E-state index contributed by atoms with van der Waals surface area (Å²) in [5, 5.41) is 12.0. The van der Waals surface area contributed by atoms with Gasteiger partial charge in [-0.2, -0.15) is 0 Å². The van der Waals surface area contributed by atoms with Crippen LogP contribution in [0.3, 0.4) is 0 Å². The van der Waals surface area contributed by atoms with E-state index in [1.807, 2.05) is 6.07 Å². The van der Waals surface area contributed by atoms with E-state index in [1.54, 1.807) is 19.1 Å². The Hall–Kier alpha value is -1.88. The van der Waals surface area contributed by atoms with E-state index in [9.17, 15) is 14.7 Å². The molecule has 5 nitrogen and oxygen atoms in total. The van der Waals surface area contributed by atoms with Gasteiger partial charge in [-0.25, -0.2) is 4.79 Å². The highest BCUT2D eigenvalue weighted by atomic mass is 16.5. The van der Waals surface area contributed by atoms with Gasteiger partial charge in [0.25, 0.3) is 5.91 Å². The topological polar surface area (TPSA) is 75.6 Å². The highest BCUT2D eigenvalue weighted by Gasteiger charge is 2.48. The molecule has 1 aliphatic heterocycles. The molecule has 1 saturated carbocycles. The number of benzene rings is 1. The van der Waals surface area contributed by atoms with Gasteiger partial charge in [-0.3, -0.25) is 4.79 Å². The first-order valence-corrected chi connectivity index (χ1v) is 6.76. The Bertz CT molecular complexity index is 579. The molecular formula is C15H17NO4. The van der Waals surface area contributed by atoms with Gasteiger partial charge in [0.05, 0.1) is 13.2 Å². The standard InChI is InChI=1S/C15H17NO4/c1-15(14(18)19,12-4-5-12)16-13(17)9-2-3-10-7-20-8-11(10)6-9/h2-3,6,12H,4-5,7-8H2,1H3,(H,16,17)(H,18,19). The number of carbonyl (C=O) groups is 2. The van der Waals surface area contributed by atoms with Crippen LogP contribution in [0.1, 0.15) is 41.3 Å². The number of hydrogen-bond acceptors (Lipinski definition) is 3. The van der Waals surface area contributed by atoms with Gasteiger partial charge >= 0.3 is 5.97 Å². The number of fused-ring (bicyclic) bond motifs is 1. The molecular weight excluding hydrogens is 258 g/mol. The quantitative estimate of drug-likeness (QED) is 0.877. The van der Waals surface area contributed by atoms with Crippen LogP contribution in [-0.4, -0.2) is 22.5 Å². The van der Waals surface area contributed by atoms with Crippen molar-refractivity contribution < 1.29 is 19.4 Å². The lowest BCUT2D eigenvalue weighted by molar-refractivity contribution is -0.144. The van der Waals surface area contributed by atoms with E-state index in [4.69, 9.17) is 4.74 Å². The lowest BCUT2D eigenvalue weighted by Gasteiger charge is -2.26. The fraction of sp³-hybridized carbons (Fsp3) is 0.467. The number of hydrogen-bond donors (Lipinski definition) is 2. The molecule has 2 aliphatic rings. The molecule has 0 bridgehead atoms. The summed E-state index contributed by atoms with van der Waals surface area (Å²) >= 11 is 0. The normalized spacial score (nSPS) is 20.1. The van der Waals surface area contributed by atoms with Crippen molar-refractivity contribution in [2.75, 3.05) is 0 Å². The minimum atomic E-state index is -1.17. The molecule has 1 aliphatic carbocycles. The first-order chi connectivity index (χ1) is 9.50. The Morgan fingerprint density at radius 3 is 2.65 bits per heavy atom. The zero-order chi connectivity index (χ0) is 14.3. The number of carboxylic acid groups (broad SMARTS) is 1. The molecule has 1 aromatic rings. The molecule has 1 atom stereocenters. The van der Waals surface area contributed by atoms with Crippen molar-refractivity contribution in [2.24, 2.45) is 5.92 Å². The average molecular weight is 275 g/mol. The zero-order valence-electron chi connectivity index (χ0n) is 11.3. The van der Waals surface area contributed by atoms with E-state index in [0.717, 1.165) is 24.0 Å². The predicted octanol–water partition coefficient (Wildman–Crippen LogP) is 1.70. The number of amides is 1. The molecule has 1 aromatic carbocycles.